The maximum absolute atomic E-state index is 12.9. The highest BCUT2D eigenvalue weighted by molar-refractivity contribution is 5.95. The molecule has 0 aliphatic heterocycles. The number of aromatic hydroxyl groups is 1. The Morgan fingerprint density at radius 3 is 1.89 bits per heavy atom. The van der Waals surface area contributed by atoms with Crippen LogP contribution in [0.5, 0.6) is 5.75 Å². The summed E-state index contributed by atoms with van der Waals surface area (Å²) in [4.78, 5) is 70.7. The molecule has 1 rings (SSSR count). The number of carboxylic acid groups (broad SMARTS) is 3. The van der Waals surface area contributed by atoms with Crippen molar-refractivity contribution in [3.05, 3.63) is 29.8 Å². The minimum absolute atomic E-state index is 0.0487. The van der Waals surface area contributed by atoms with Crippen LogP contribution in [0, 0.1) is 0 Å². The molecule has 14 nitrogen and oxygen atoms in total. The molecule has 0 heterocycles. The molecule has 0 saturated heterocycles. The average molecular weight is 496 g/mol. The van der Waals surface area contributed by atoms with E-state index in [0.29, 0.717) is 5.56 Å². The number of nitrogens with one attached hydrogen (secondary N) is 3. The molecule has 0 aliphatic carbocycles. The number of carboxylic acids is 3. The van der Waals surface area contributed by atoms with Crippen LogP contribution in [-0.2, 0) is 35.2 Å². The summed E-state index contributed by atoms with van der Waals surface area (Å²) in [6, 6.07) is -0.0135. The van der Waals surface area contributed by atoms with Gasteiger partial charge in [0.15, 0.2) is 0 Å². The molecule has 4 unspecified atom stereocenters. The molecule has 192 valence electrons. The van der Waals surface area contributed by atoms with E-state index in [2.05, 4.69) is 16.0 Å². The van der Waals surface area contributed by atoms with Gasteiger partial charge in [0.05, 0.1) is 12.5 Å². The van der Waals surface area contributed by atoms with E-state index in [-0.39, 0.29) is 12.2 Å². The summed E-state index contributed by atoms with van der Waals surface area (Å²) in [7, 11) is 0. The molecule has 1 aromatic carbocycles. The summed E-state index contributed by atoms with van der Waals surface area (Å²) in [5.74, 6) is -6.87. The largest absolute Gasteiger partial charge is 0.508 e. The lowest BCUT2D eigenvalue weighted by Gasteiger charge is -2.24. The van der Waals surface area contributed by atoms with Crippen molar-refractivity contribution < 1.29 is 49.2 Å². The van der Waals surface area contributed by atoms with Gasteiger partial charge >= 0.3 is 17.9 Å². The average Bonchev–Trinajstić information content (AvgIpc) is 2.76. The normalized spacial score (nSPS) is 14.0. The molecular formula is C21H28N4O10. The van der Waals surface area contributed by atoms with Crippen LogP contribution >= 0.6 is 0 Å². The van der Waals surface area contributed by atoms with Gasteiger partial charge in [-0.1, -0.05) is 12.1 Å². The van der Waals surface area contributed by atoms with Crippen LogP contribution in [0.25, 0.3) is 0 Å². The molecule has 3 amide bonds. The second-order valence-corrected chi connectivity index (χ2v) is 7.70. The molecule has 0 fully saturated rings. The number of benzene rings is 1. The Balaban J connectivity index is 3.10. The zero-order chi connectivity index (χ0) is 26.7. The molecule has 0 saturated carbocycles. The topological polar surface area (TPSA) is 245 Å². The lowest BCUT2D eigenvalue weighted by atomic mass is 10.0. The molecule has 0 radical (unpaired) electrons. The Bertz CT molecular complexity index is 950. The van der Waals surface area contributed by atoms with Crippen molar-refractivity contribution in [3.8, 4) is 5.75 Å². The van der Waals surface area contributed by atoms with E-state index in [4.69, 9.17) is 21.1 Å². The summed E-state index contributed by atoms with van der Waals surface area (Å²) >= 11 is 0. The number of carbonyl (C=O) groups is 6. The molecule has 1 aromatic rings. The van der Waals surface area contributed by atoms with Gasteiger partial charge in [-0.2, -0.15) is 0 Å². The number of hydrogen-bond acceptors (Lipinski definition) is 8. The number of phenolic OH excluding ortho intramolecular Hbond substituents is 1. The van der Waals surface area contributed by atoms with Crippen LogP contribution in [0.2, 0.25) is 0 Å². The van der Waals surface area contributed by atoms with E-state index < -0.39 is 79.1 Å². The van der Waals surface area contributed by atoms with Crippen LogP contribution in [0.1, 0.15) is 31.7 Å². The van der Waals surface area contributed by atoms with Gasteiger partial charge in [0.25, 0.3) is 0 Å². The van der Waals surface area contributed by atoms with E-state index in [0.717, 1.165) is 0 Å². The maximum Gasteiger partial charge on any atom is 0.325 e. The van der Waals surface area contributed by atoms with Gasteiger partial charge < -0.3 is 42.1 Å². The quantitative estimate of drug-likeness (QED) is 0.142. The zero-order valence-electron chi connectivity index (χ0n) is 18.8. The first-order chi connectivity index (χ1) is 16.3. The van der Waals surface area contributed by atoms with Crippen molar-refractivity contribution in [2.75, 3.05) is 0 Å². The molecule has 35 heavy (non-hydrogen) atoms. The molecule has 0 bridgehead atoms. The fraction of sp³-hybridized carbons (Fsp3) is 0.429. The first-order valence-electron chi connectivity index (χ1n) is 10.4. The monoisotopic (exact) mass is 496 g/mol. The summed E-state index contributed by atoms with van der Waals surface area (Å²) in [6.07, 6.45) is -1.82. The van der Waals surface area contributed by atoms with Crippen molar-refractivity contribution in [3.63, 3.8) is 0 Å². The Morgan fingerprint density at radius 2 is 1.37 bits per heavy atom. The Labute approximate surface area is 199 Å². The number of amides is 3. The Kier molecular flexibility index (Phi) is 11.1. The second kappa shape index (κ2) is 13.5. The number of phenols is 1. The van der Waals surface area contributed by atoms with E-state index in [1.807, 2.05) is 0 Å². The third-order valence-corrected chi connectivity index (χ3v) is 4.75. The number of hydrogen-bond donors (Lipinski definition) is 8. The summed E-state index contributed by atoms with van der Waals surface area (Å²) in [5, 5.41) is 43.0. The number of nitrogens with two attached hydrogens (primary N) is 1. The Morgan fingerprint density at radius 1 is 0.829 bits per heavy atom. The van der Waals surface area contributed by atoms with Gasteiger partial charge in [-0.25, -0.2) is 0 Å². The van der Waals surface area contributed by atoms with Gasteiger partial charge in [0, 0.05) is 12.8 Å². The van der Waals surface area contributed by atoms with Gasteiger partial charge in [-0.3, -0.25) is 28.8 Å². The van der Waals surface area contributed by atoms with E-state index >= 15 is 0 Å². The number of carbonyl (C=O) groups excluding carboxylic acids is 3. The van der Waals surface area contributed by atoms with Crippen LogP contribution in [-0.4, -0.2) is 80.2 Å². The van der Waals surface area contributed by atoms with Crippen molar-refractivity contribution in [1.82, 2.24) is 16.0 Å². The molecule has 4 atom stereocenters. The van der Waals surface area contributed by atoms with E-state index in [9.17, 15) is 33.9 Å². The predicted molar refractivity (Wildman–Crippen MR) is 118 cm³/mol. The van der Waals surface area contributed by atoms with Gasteiger partial charge in [-0.05, 0) is 31.0 Å². The minimum atomic E-state index is -1.51. The lowest BCUT2D eigenvalue weighted by Crippen LogP contribution is -2.57. The van der Waals surface area contributed by atoms with Crippen molar-refractivity contribution in [1.29, 1.82) is 0 Å². The van der Waals surface area contributed by atoms with Crippen LogP contribution in [0.3, 0.4) is 0 Å². The molecule has 9 N–H and O–H groups in total. The van der Waals surface area contributed by atoms with Crippen LogP contribution in [0.15, 0.2) is 24.3 Å². The molecular weight excluding hydrogens is 468 g/mol. The van der Waals surface area contributed by atoms with Crippen molar-refractivity contribution in [2.24, 2.45) is 5.73 Å². The molecule has 0 aromatic heterocycles. The highest BCUT2D eigenvalue weighted by atomic mass is 16.4. The minimum Gasteiger partial charge on any atom is -0.508 e. The fourth-order valence-electron chi connectivity index (χ4n) is 2.82. The molecule has 0 aliphatic rings. The smallest absolute Gasteiger partial charge is 0.325 e. The maximum atomic E-state index is 12.9. The first kappa shape index (κ1) is 28.8. The van der Waals surface area contributed by atoms with Crippen molar-refractivity contribution in [2.45, 2.75) is 56.8 Å². The number of rotatable bonds is 14. The van der Waals surface area contributed by atoms with Crippen LogP contribution in [0.4, 0.5) is 0 Å². The highest BCUT2D eigenvalue weighted by Crippen LogP contribution is 2.12. The summed E-state index contributed by atoms with van der Waals surface area (Å²) < 4.78 is 0. The number of aliphatic carboxylic acids is 3. The summed E-state index contributed by atoms with van der Waals surface area (Å²) in [5.41, 5.74) is 5.98. The Hall–Kier alpha value is -4.20. The van der Waals surface area contributed by atoms with Gasteiger partial charge in [0.1, 0.15) is 23.9 Å². The second-order valence-electron chi connectivity index (χ2n) is 7.70. The molecule has 14 heteroatoms. The molecule has 0 spiro atoms. The third kappa shape index (κ3) is 10.5. The first-order valence-corrected chi connectivity index (χ1v) is 10.4. The van der Waals surface area contributed by atoms with E-state index in [1.54, 1.807) is 0 Å². The standard InChI is InChI=1S/C21H28N4O10/c1-10(21(34)35)23-20(33)15(8-11-2-4-12(26)5-3-11)25-19(32)14(6-7-16(27)28)24-18(31)13(22)9-17(29)30/h2-5,10,13-15,26H,6-9,22H2,1H3,(H,23,33)(H,24,31)(H,25,32)(H,27,28)(H,29,30)(H,34,35). The SMILES string of the molecule is CC(NC(=O)C(Cc1ccc(O)cc1)NC(=O)C(CCC(=O)O)NC(=O)C(N)CC(=O)O)C(=O)O. The fourth-order valence-corrected chi connectivity index (χ4v) is 2.82. The van der Waals surface area contributed by atoms with Gasteiger partial charge in [0.2, 0.25) is 17.7 Å². The summed E-state index contributed by atoms with van der Waals surface area (Å²) in [6.45, 7) is 1.21. The lowest BCUT2D eigenvalue weighted by molar-refractivity contribution is -0.141. The zero-order valence-corrected chi connectivity index (χ0v) is 18.8. The van der Waals surface area contributed by atoms with E-state index in [1.165, 1.54) is 31.2 Å². The van der Waals surface area contributed by atoms with Gasteiger partial charge in [-0.15, -0.1) is 0 Å². The van der Waals surface area contributed by atoms with Crippen LogP contribution < -0.4 is 21.7 Å². The highest BCUT2D eigenvalue weighted by Gasteiger charge is 2.30. The predicted octanol–water partition coefficient (Wildman–Crippen LogP) is -1.84. The third-order valence-electron chi connectivity index (χ3n) is 4.75. The van der Waals surface area contributed by atoms with Crippen molar-refractivity contribution >= 4 is 35.6 Å².